The normalized spacial score (nSPS) is 23.1. The van der Waals surface area contributed by atoms with Crippen molar-refractivity contribution in [2.75, 3.05) is 38.1 Å². The molecule has 2 saturated heterocycles. The van der Waals surface area contributed by atoms with E-state index < -0.39 is 15.6 Å². The highest BCUT2D eigenvalue weighted by Crippen LogP contribution is 2.35. The quantitative estimate of drug-likeness (QED) is 0.442. The van der Waals surface area contributed by atoms with Crippen molar-refractivity contribution in [2.45, 2.75) is 56.6 Å². The van der Waals surface area contributed by atoms with E-state index in [0.29, 0.717) is 52.3 Å². The third-order valence-corrected chi connectivity index (χ3v) is 10.2. The van der Waals surface area contributed by atoms with Crippen molar-refractivity contribution >= 4 is 42.6 Å². The summed E-state index contributed by atoms with van der Waals surface area (Å²) in [6.45, 7) is 7.99. The number of rotatable bonds is 7. The molecule has 0 aliphatic carbocycles. The number of nitrogens with one attached hydrogen (secondary N) is 1. The second kappa shape index (κ2) is 11.2. The molecule has 2 aromatic carbocycles. The summed E-state index contributed by atoms with van der Waals surface area (Å²) < 4.78 is 50.0. The highest BCUT2D eigenvalue weighted by atomic mass is 32.2. The summed E-state index contributed by atoms with van der Waals surface area (Å²) >= 11 is 1.23. The predicted molar refractivity (Wildman–Crippen MR) is 151 cm³/mol. The molecule has 8 nitrogen and oxygen atoms in total. The second-order valence-electron chi connectivity index (χ2n) is 11.1. The fourth-order valence-corrected chi connectivity index (χ4v) is 8.16. The van der Waals surface area contributed by atoms with Gasteiger partial charge >= 0.3 is 0 Å². The maximum absolute atomic E-state index is 13.8. The number of thiazole rings is 1. The van der Waals surface area contributed by atoms with Crippen molar-refractivity contribution in [3.63, 3.8) is 0 Å². The second-order valence-corrected chi connectivity index (χ2v) is 14.1. The van der Waals surface area contributed by atoms with Crippen molar-refractivity contribution in [1.82, 2.24) is 14.2 Å². The van der Waals surface area contributed by atoms with Crippen molar-refractivity contribution in [3.8, 4) is 0 Å². The van der Waals surface area contributed by atoms with Gasteiger partial charge in [-0.3, -0.25) is 9.69 Å². The van der Waals surface area contributed by atoms with E-state index in [4.69, 9.17) is 4.74 Å². The molecule has 0 bridgehead atoms. The van der Waals surface area contributed by atoms with Gasteiger partial charge in [0.2, 0.25) is 15.9 Å². The van der Waals surface area contributed by atoms with E-state index in [1.165, 1.54) is 23.5 Å². The van der Waals surface area contributed by atoms with Gasteiger partial charge < -0.3 is 10.1 Å². The lowest BCUT2D eigenvalue weighted by Crippen LogP contribution is -2.64. The lowest BCUT2D eigenvalue weighted by molar-refractivity contribution is -0.146. The zero-order chi connectivity index (χ0) is 27.8. The van der Waals surface area contributed by atoms with Gasteiger partial charge in [0, 0.05) is 19.1 Å². The smallest absolute Gasteiger partial charge is 0.243 e. The molecule has 2 fully saturated rings. The molecule has 0 radical (unpaired) electrons. The number of fused-ring (bicyclic) bond motifs is 1. The van der Waals surface area contributed by atoms with Gasteiger partial charge in [0.05, 0.1) is 33.9 Å². The summed E-state index contributed by atoms with van der Waals surface area (Å²) in [6.07, 6.45) is 2.23. The molecule has 3 aromatic rings. The number of aryl methyl sites for hydroxylation is 1. The van der Waals surface area contributed by atoms with Crippen molar-refractivity contribution in [2.24, 2.45) is 5.92 Å². The average molecular weight is 575 g/mol. The van der Waals surface area contributed by atoms with Crippen LogP contribution in [0.2, 0.25) is 0 Å². The van der Waals surface area contributed by atoms with E-state index in [-0.39, 0.29) is 30.9 Å². The molecular weight excluding hydrogens is 539 g/mol. The summed E-state index contributed by atoms with van der Waals surface area (Å²) in [5, 5.41) is 3.26. The van der Waals surface area contributed by atoms with Gasteiger partial charge in [0.15, 0.2) is 5.13 Å². The number of carbonyl (C=O) groups is 1. The Bertz CT molecular complexity index is 1440. The summed E-state index contributed by atoms with van der Waals surface area (Å²) in [6, 6.07) is 11.1. The Morgan fingerprint density at radius 2 is 2.00 bits per heavy atom. The van der Waals surface area contributed by atoms with Crippen LogP contribution in [0, 0.1) is 18.7 Å². The van der Waals surface area contributed by atoms with Gasteiger partial charge in [-0.2, -0.15) is 4.31 Å². The first-order valence-electron chi connectivity index (χ1n) is 13.3. The predicted octanol–water partition coefficient (Wildman–Crippen LogP) is 4.65. The number of ether oxygens (including phenoxy) is 1. The van der Waals surface area contributed by atoms with E-state index in [0.717, 1.165) is 18.4 Å². The molecule has 39 heavy (non-hydrogen) atoms. The Balaban J connectivity index is 1.30. The highest BCUT2D eigenvalue weighted by Gasteiger charge is 2.47. The topological polar surface area (TPSA) is 91.8 Å². The van der Waals surface area contributed by atoms with Gasteiger partial charge in [-0.25, -0.2) is 17.8 Å². The maximum atomic E-state index is 13.8. The minimum Gasteiger partial charge on any atom is -0.371 e. The number of amides is 1. The number of sulfonamides is 1. The van der Waals surface area contributed by atoms with Gasteiger partial charge in [0.25, 0.3) is 0 Å². The van der Waals surface area contributed by atoms with Crippen molar-refractivity contribution < 1.29 is 22.3 Å². The number of benzene rings is 2. The third kappa shape index (κ3) is 6.33. The zero-order valence-corrected chi connectivity index (χ0v) is 24.2. The molecule has 11 heteroatoms. The highest BCUT2D eigenvalue weighted by molar-refractivity contribution is 7.89. The Hall–Kier alpha value is -2.44. The molecule has 1 amide bonds. The van der Waals surface area contributed by atoms with Gasteiger partial charge in [0.1, 0.15) is 5.82 Å². The summed E-state index contributed by atoms with van der Waals surface area (Å²) in [4.78, 5) is 19.6. The first-order chi connectivity index (χ1) is 18.5. The number of aromatic nitrogens is 1. The summed E-state index contributed by atoms with van der Waals surface area (Å²) in [5.41, 5.74) is 0.956. The van der Waals surface area contributed by atoms with Crippen LogP contribution in [-0.4, -0.2) is 72.9 Å². The van der Waals surface area contributed by atoms with Crippen LogP contribution in [0.25, 0.3) is 10.2 Å². The molecule has 1 N–H and O–H groups in total. The van der Waals surface area contributed by atoms with Crippen LogP contribution < -0.4 is 5.32 Å². The van der Waals surface area contributed by atoms with E-state index in [1.807, 2.05) is 24.0 Å². The maximum Gasteiger partial charge on any atom is 0.243 e. The van der Waals surface area contributed by atoms with E-state index in [2.05, 4.69) is 24.1 Å². The van der Waals surface area contributed by atoms with Gasteiger partial charge in [-0.15, -0.1) is 0 Å². The van der Waals surface area contributed by atoms with Crippen LogP contribution in [0.1, 0.15) is 38.7 Å². The Morgan fingerprint density at radius 1 is 1.23 bits per heavy atom. The zero-order valence-electron chi connectivity index (χ0n) is 22.5. The molecule has 0 saturated carbocycles. The number of nitrogens with zero attached hydrogens (tertiary/aromatic N) is 3. The van der Waals surface area contributed by atoms with Gasteiger partial charge in [-0.1, -0.05) is 42.9 Å². The number of hydrogen-bond acceptors (Lipinski definition) is 7. The molecular formula is C28H35FN4O4S2. The number of piperidine rings is 1. The number of carbonyl (C=O) groups excluding carboxylic acids is 1. The van der Waals surface area contributed by atoms with Crippen molar-refractivity contribution in [1.29, 1.82) is 0 Å². The van der Waals surface area contributed by atoms with Crippen LogP contribution in [0.15, 0.2) is 47.4 Å². The van der Waals surface area contributed by atoms with E-state index in [9.17, 15) is 17.6 Å². The molecule has 2 aliphatic heterocycles. The number of likely N-dealkylation sites (tertiary alicyclic amines) is 1. The third-order valence-electron chi connectivity index (χ3n) is 7.39. The van der Waals surface area contributed by atoms with Crippen molar-refractivity contribution in [3.05, 3.63) is 53.8 Å². The molecule has 3 heterocycles. The first-order valence-corrected chi connectivity index (χ1v) is 15.6. The minimum atomic E-state index is -3.72. The lowest BCUT2D eigenvalue weighted by atomic mass is 9.89. The van der Waals surface area contributed by atoms with Crippen LogP contribution in [0.3, 0.4) is 0 Å². The molecule has 5 rings (SSSR count). The largest absolute Gasteiger partial charge is 0.371 e. The average Bonchev–Trinajstić information content (AvgIpc) is 3.26. The van der Waals surface area contributed by atoms with Crippen LogP contribution in [-0.2, 0) is 19.6 Å². The molecule has 1 spiro atoms. The van der Waals surface area contributed by atoms with Crippen LogP contribution >= 0.6 is 11.3 Å². The number of anilines is 1. The Kier molecular flexibility index (Phi) is 8.08. The summed E-state index contributed by atoms with van der Waals surface area (Å²) in [5.74, 6) is -0.248. The molecule has 2 atom stereocenters. The number of morpholine rings is 1. The van der Waals surface area contributed by atoms with Gasteiger partial charge in [-0.05, 0) is 69.0 Å². The fourth-order valence-electron chi connectivity index (χ4n) is 5.56. The summed E-state index contributed by atoms with van der Waals surface area (Å²) in [7, 11) is -3.72. The number of halogens is 1. The van der Waals surface area contributed by atoms with E-state index in [1.54, 1.807) is 22.5 Å². The van der Waals surface area contributed by atoms with E-state index >= 15 is 0 Å². The van der Waals surface area contributed by atoms with Crippen LogP contribution in [0.5, 0.6) is 0 Å². The van der Waals surface area contributed by atoms with Crippen LogP contribution in [0.4, 0.5) is 9.52 Å². The monoisotopic (exact) mass is 574 g/mol. The molecule has 210 valence electrons. The first kappa shape index (κ1) is 28.1. The molecule has 2 aliphatic rings. The lowest BCUT2D eigenvalue weighted by Gasteiger charge is -2.50. The number of hydrogen-bond donors (Lipinski definition) is 1. The Morgan fingerprint density at radius 3 is 2.74 bits per heavy atom. The molecule has 1 aromatic heterocycles. The Labute approximate surface area is 233 Å². The minimum absolute atomic E-state index is 0.134. The molecule has 0 unspecified atom stereocenters. The fraction of sp³-hybridized carbons (Fsp3) is 0.500. The standard InChI is InChI=1S/C28H35FN4O4S2/c1-19(2)13-22-16-37-28(18-33(22)39(35,36)23-8-5-20(3)6-9-23)11-4-12-32(17-28)15-26(34)31-27-30-24-10-7-21(29)14-25(24)38-27/h5-10,14,19,22H,4,11-13,15-18H2,1-3H3,(H,30,31,34)/t22-,28+/m0/s1. The SMILES string of the molecule is Cc1ccc(S(=O)(=O)N2C[C@]3(CCCN(CC(=O)Nc4nc5ccc(F)cc5s4)C3)OC[C@@H]2CC(C)C)cc1.